The van der Waals surface area contributed by atoms with Crippen molar-refractivity contribution >= 4 is 5.91 Å². The zero-order valence-corrected chi connectivity index (χ0v) is 8.81. The smallest absolute Gasteiger partial charge is 0.220 e. The molecule has 82 valence electrons. The average Bonchev–Trinajstić information content (AvgIpc) is 2.70. The van der Waals surface area contributed by atoms with Crippen molar-refractivity contribution in [2.75, 3.05) is 0 Å². The van der Waals surface area contributed by atoms with Crippen LogP contribution in [0.5, 0.6) is 0 Å². The molecule has 2 unspecified atom stereocenters. The van der Waals surface area contributed by atoms with E-state index in [2.05, 4.69) is 10.4 Å². The highest BCUT2D eigenvalue weighted by Gasteiger charge is 2.27. The number of piperidine rings is 1. The molecule has 3 N–H and O–H groups in total. The summed E-state index contributed by atoms with van der Waals surface area (Å²) in [7, 11) is 0. The van der Waals surface area contributed by atoms with Crippen molar-refractivity contribution in [2.24, 2.45) is 5.73 Å². The minimum Gasteiger partial charge on any atom is -0.348 e. The standard InChI is InChI=1S/C10H16N4O/c1-2-14-6-7(5-12-14)10-8(11)3-4-9(15)13-10/h5-6,8,10H,2-4,11H2,1H3,(H,13,15). The van der Waals surface area contributed by atoms with Crippen LogP contribution in [0.25, 0.3) is 0 Å². The van der Waals surface area contributed by atoms with E-state index in [-0.39, 0.29) is 18.0 Å². The average molecular weight is 208 g/mol. The van der Waals surface area contributed by atoms with Gasteiger partial charge in [0.25, 0.3) is 0 Å². The first-order chi connectivity index (χ1) is 7.20. The van der Waals surface area contributed by atoms with Gasteiger partial charge in [0.05, 0.1) is 12.2 Å². The Labute approximate surface area is 88.6 Å². The SMILES string of the molecule is CCn1cc(C2NC(=O)CCC2N)cn1. The molecule has 1 aliphatic rings. The quantitative estimate of drug-likeness (QED) is 0.728. The largest absolute Gasteiger partial charge is 0.348 e. The van der Waals surface area contributed by atoms with Crippen LogP contribution in [-0.2, 0) is 11.3 Å². The topological polar surface area (TPSA) is 72.9 Å². The summed E-state index contributed by atoms with van der Waals surface area (Å²) in [6.45, 7) is 2.85. The van der Waals surface area contributed by atoms with E-state index in [1.807, 2.05) is 17.8 Å². The lowest BCUT2D eigenvalue weighted by Gasteiger charge is -2.28. The number of amides is 1. The Kier molecular flexibility index (Phi) is 2.73. The van der Waals surface area contributed by atoms with E-state index in [4.69, 9.17) is 5.73 Å². The van der Waals surface area contributed by atoms with Gasteiger partial charge in [-0.3, -0.25) is 9.48 Å². The summed E-state index contributed by atoms with van der Waals surface area (Å²) >= 11 is 0. The summed E-state index contributed by atoms with van der Waals surface area (Å²) < 4.78 is 1.84. The second-order valence-electron chi connectivity index (χ2n) is 3.88. The van der Waals surface area contributed by atoms with E-state index in [0.717, 1.165) is 18.5 Å². The van der Waals surface area contributed by atoms with Gasteiger partial charge in [-0.1, -0.05) is 0 Å². The van der Waals surface area contributed by atoms with E-state index < -0.39 is 0 Å². The highest BCUT2D eigenvalue weighted by molar-refractivity contribution is 5.77. The first-order valence-corrected chi connectivity index (χ1v) is 5.28. The first kappa shape index (κ1) is 10.2. The molecule has 2 rings (SSSR count). The van der Waals surface area contributed by atoms with Crippen molar-refractivity contribution in [3.63, 3.8) is 0 Å². The number of carbonyl (C=O) groups excluding carboxylic acids is 1. The fraction of sp³-hybridized carbons (Fsp3) is 0.600. The van der Waals surface area contributed by atoms with Gasteiger partial charge in [-0.25, -0.2) is 0 Å². The molecule has 5 nitrogen and oxygen atoms in total. The monoisotopic (exact) mass is 208 g/mol. The first-order valence-electron chi connectivity index (χ1n) is 5.28. The van der Waals surface area contributed by atoms with Gasteiger partial charge in [-0.05, 0) is 13.3 Å². The predicted molar refractivity (Wildman–Crippen MR) is 56.0 cm³/mol. The van der Waals surface area contributed by atoms with Crippen molar-refractivity contribution in [1.29, 1.82) is 0 Å². The van der Waals surface area contributed by atoms with Gasteiger partial charge in [-0.2, -0.15) is 5.10 Å². The Morgan fingerprint density at radius 1 is 1.73 bits per heavy atom. The van der Waals surface area contributed by atoms with Crippen LogP contribution in [0.4, 0.5) is 0 Å². The molecule has 0 bridgehead atoms. The number of aromatic nitrogens is 2. The van der Waals surface area contributed by atoms with Crippen molar-refractivity contribution in [2.45, 2.75) is 38.4 Å². The highest BCUT2D eigenvalue weighted by atomic mass is 16.1. The van der Waals surface area contributed by atoms with Gasteiger partial charge in [0.2, 0.25) is 5.91 Å². The predicted octanol–water partition coefficient (Wildman–Crippen LogP) is 0.181. The van der Waals surface area contributed by atoms with Crippen LogP contribution in [-0.4, -0.2) is 21.7 Å². The van der Waals surface area contributed by atoms with Gasteiger partial charge in [0.1, 0.15) is 0 Å². The van der Waals surface area contributed by atoms with Crippen molar-refractivity contribution in [1.82, 2.24) is 15.1 Å². The Balaban J connectivity index is 2.17. The highest BCUT2D eigenvalue weighted by Crippen LogP contribution is 2.21. The number of carbonyl (C=O) groups is 1. The van der Waals surface area contributed by atoms with Gasteiger partial charge in [-0.15, -0.1) is 0 Å². The van der Waals surface area contributed by atoms with Gasteiger partial charge in [0, 0.05) is 30.8 Å². The number of aryl methyl sites for hydroxylation is 1. The van der Waals surface area contributed by atoms with Crippen LogP contribution in [0, 0.1) is 0 Å². The molecule has 1 aliphatic heterocycles. The molecule has 0 spiro atoms. The molecule has 0 radical (unpaired) electrons. The molecule has 5 heteroatoms. The third-order valence-corrected chi connectivity index (χ3v) is 2.79. The lowest BCUT2D eigenvalue weighted by Crippen LogP contribution is -2.45. The zero-order valence-electron chi connectivity index (χ0n) is 8.81. The Morgan fingerprint density at radius 3 is 3.20 bits per heavy atom. The molecule has 1 aromatic rings. The maximum atomic E-state index is 11.3. The van der Waals surface area contributed by atoms with Gasteiger partial charge >= 0.3 is 0 Å². The van der Waals surface area contributed by atoms with E-state index in [1.165, 1.54) is 0 Å². The molecule has 1 amide bonds. The maximum Gasteiger partial charge on any atom is 0.220 e. The molecule has 1 aromatic heterocycles. The van der Waals surface area contributed by atoms with Crippen LogP contribution in [0.3, 0.4) is 0 Å². The van der Waals surface area contributed by atoms with Crippen molar-refractivity contribution < 1.29 is 4.79 Å². The molecule has 2 heterocycles. The lowest BCUT2D eigenvalue weighted by atomic mass is 9.95. The maximum absolute atomic E-state index is 11.3. The van der Waals surface area contributed by atoms with E-state index in [9.17, 15) is 4.79 Å². The van der Waals surface area contributed by atoms with Gasteiger partial charge < -0.3 is 11.1 Å². The van der Waals surface area contributed by atoms with Crippen LogP contribution >= 0.6 is 0 Å². The summed E-state index contributed by atoms with van der Waals surface area (Å²) in [5.41, 5.74) is 6.97. The third-order valence-electron chi connectivity index (χ3n) is 2.79. The number of hydrogen-bond acceptors (Lipinski definition) is 3. The van der Waals surface area contributed by atoms with Crippen LogP contribution < -0.4 is 11.1 Å². The lowest BCUT2D eigenvalue weighted by molar-refractivity contribution is -0.123. The summed E-state index contributed by atoms with van der Waals surface area (Å²) in [5, 5.41) is 7.08. The molecule has 0 aliphatic carbocycles. The fourth-order valence-corrected chi connectivity index (χ4v) is 1.86. The van der Waals surface area contributed by atoms with E-state index >= 15 is 0 Å². The van der Waals surface area contributed by atoms with Crippen LogP contribution in [0.1, 0.15) is 31.4 Å². The summed E-state index contributed by atoms with van der Waals surface area (Å²) in [6.07, 6.45) is 4.99. The summed E-state index contributed by atoms with van der Waals surface area (Å²) in [5.74, 6) is 0.0750. The number of nitrogens with zero attached hydrogens (tertiary/aromatic N) is 2. The molecule has 15 heavy (non-hydrogen) atoms. The number of hydrogen-bond donors (Lipinski definition) is 2. The second kappa shape index (κ2) is 4.02. The minimum absolute atomic E-state index is 0.00259. The second-order valence-corrected chi connectivity index (χ2v) is 3.88. The van der Waals surface area contributed by atoms with E-state index in [1.54, 1.807) is 6.20 Å². The molecular formula is C10H16N4O. The molecule has 0 saturated carbocycles. The van der Waals surface area contributed by atoms with E-state index in [0.29, 0.717) is 6.42 Å². The minimum atomic E-state index is -0.0773. The molecule has 2 atom stereocenters. The summed E-state index contributed by atoms with van der Waals surface area (Å²) in [4.78, 5) is 11.3. The molecule has 1 saturated heterocycles. The Hall–Kier alpha value is -1.36. The number of nitrogens with one attached hydrogen (secondary N) is 1. The normalized spacial score (nSPS) is 26.4. The van der Waals surface area contributed by atoms with Crippen molar-refractivity contribution in [3.8, 4) is 0 Å². The summed E-state index contributed by atoms with van der Waals surface area (Å²) in [6, 6.07) is -0.0799. The third kappa shape index (κ3) is 2.02. The fourth-order valence-electron chi connectivity index (χ4n) is 1.86. The molecule has 1 fully saturated rings. The number of rotatable bonds is 2. The molecular weight excluding hydrogens is 192 g/mol. The Bertz CT molecular complexity index is 360. The van der Waals surface area contributed by atoms with Gasteiger partial charge in [0.15, 0.2) is 0 Å². The van der Waals surface area contributed by atoms with Crippen molar-refractivity contribution in [3.05, 3.63) is 18.0 Å². The Morgan fingerprint density at radius 2 is 2.53 bits per heavy atom. The van der Waals surface area contributed by atoms with Crippen LogP contribution in [0.2, 0.25) is 0 Å². The number of nitrogens with two attached hydrogens (primary N) is 1. The zero-order chi connectivity index (χ0) is 10.8. The molecule has 0 aromatic carbocycles. The van der Waals surface area contributed by atoms with Crippen LogP contribution in [0.15, 0.2) is 12.4 Å².